The molecule has 0 saturated heterocycles. The molecule has 0 atom stereocenters. The predicted molar refractivity (Wildman–Crippen MR) is 91.1 cm³/mol. The third-order valence-electron chi connectivity index (χ3n) is 3.92. The van der Waals surface area contributed by atoms with Crippen LogP contribution in [0.5, 0.6) is 5.75 Å². The van der Waals surface area contributed by atoms with Gasteiger partial charge in [-0.2, -0.15) is 0 Å². The normalized spacial score (nSPS) is 13.1. The summed E-state index contributed by atoms with van der Waals surface area (Å²) in [4.78, 5) is 39.2. The van der Waals surface area contributed by atoms with Crippen molar-refractivity contribution in [3.63, 3.8) is 0 Å². The van der Waals surface area contributed by atoms with E-state index >= 15 is 0 Å². The fraction of sp³-hybridized carbons (Fsp3) is 0.471. The molecule has 1 aromatic rings. The van der Waals surface area contributed by atoms with Crippen LogP contribution in [0.4, 0.5) is 11.4 Å². The van der Waals surface area contributed by atoms with Gasteiger partial charge in [0.05, 0.1) is 5.69 Å². The molecule has 1 aromatic carbocycles. The zero-order chi connectivity index (χ0) is 17.7. The Morgan fingerprint density at radius 3 is 2.58 bits per heavy atom. The maximum Gasteiger partial charge on any atom is 0.265 e. The summed E-state index contributed by atoms with van der Waals surface area (Å²) in [7, 11) is 0. The van der Waals surface area contributed by atoms with E-state index in [0.717, 1.165) is 0 Å². The smallest absolute Gasteiger partial charge is 0.265 e. The van der Waals surface area contributed by atoms with Crippen LogP contribution in [0, 0.1) is 0 Å². The maximum absolute atomic E-state index is 12.4. The summed E-state index contributed by atoms with van der Waals surface area (Å²) >= 11 is 0. The first-order valence-electron chi connectivity index (χ1n) is 8.14. The highest BCUT2D eigenvalue weighted by Gasteiger charge is 2.28. The van der Waals surface area contributed by atoms with E-state index in [2.05, 4.69) is 5.32 Å². The fourth-order valence-corrected chi connectivity index (χ4v) is 2.51. The minimum absolute atomic E-state index is 0.0396. The lowest BCUT2D eigenvalue weighted by Crippen LogP contribution is -2.46. The zero-order valence-electron chi connectivity index (χ0n) is 14.3. The Morgan fingerprint density at radius 2 is 1.96 bits per heavy atom. The molecule has 0 bridgehead atoms. The summed E-state index contributed by atoms with van der Waals surface area (Å²) in [5, 5.41) is 2.75. The van der Waals surface area contributed by atoms with E-state index < -0.39 is 0 Å². The largest absolute Gasteiger partial charge is 0.482 e. The summed E-state index contributed by atoms with van der Waals surface area (Å²) in [5.74, 6) is 0.00591. The maximum atomic E-state index is 12.4. The predicted octanol–water partition coefficient (Wildman–Crippen LogP) is 1.63. The summed E-state index contributed by atoms with van der Waals surface area (Å²) < 4.78 is 5.42. The molecule has 1 aliphatic heterocycles. The number of carbonyl (C=O) groups excluding carboxylic acids is 3. The monoisotopic (exact) mass is 333 g/mol. The Labute approximate surface area is 141 Å². The van der Waals surface area contributed by atoms with E-state index in [9.17, 15) is 14.4 Å². The molecule has 7 nitrogen and oxygen atoms in total. The van der Waals surface area contributed by atoms with Crippen molar-refractivity contribution in [3.05, 3.63) is 18.2 Å². The van der Waals surface area contributed by atoms with Crippen LogP contribution >= 0.6 is 0 Å². The number of hydrogen-bond acceptors (Lipinski definition) is 4. The molecule has 130 valence electrons. The third kappa shape index (κ3) is 3.84. The van der Waals surface area contributed by atoms with Crippen LogP contribution in [-0.2, 0) is 14.4 Å². The molecule has 0 saturated carbocycles. The zero-order valence-corrected chi connectivity index (χ0v) is 14.3. The van der Waals surface area contributed by atoms with E-state index in [4.69, 9.17) is 4.74 Å². The van der Waals surface area contributed by atoms with Gasteiger partial charge in [-0.3, -0.25) is 19.3 Å². The molecule has 0 radical (unpaired) electrons. The van der Waals surface area contributed by atoms with Crippen LogP contribution in [0.25, 0.3) is 0 Å². The summed E-state index contributed by atoms with van der Waals surface area (Å²) in [6.07, 6.45) is 0.358. The van der Waals surface area contributed by atoms with Gasteiger partial charge in [0.25, 0.3) is 5.91 Å². The van der Waals surface area contributed by atoms with Crippen molar-refractivity contribution in [1.82, 2.24) is 4.90 Å². The number of fused-ring (bicyclic) bond motifs is 1. The van der Waals surface area contributed by atoms with Crippen LogP contribution in [0.2, 0.25) is 0 Å². The molecule has 0 unspecified atom stereocenters. The number of rotatable bonds is 6. The minimum atomic E-state index is -0.276. The van der Waals surface area contributed by atoms with Gasteiger partial charge in [-0.15, -0.1) is 0 Å². The second-order valence-electron chi connectivity index (χ2n) is 5.42. The molecule has 2 rings (SSSR count). The van der Waals surface area contributed by atoms with Gasteiger partial charge in [0.1, 0.15) is 12.3 Å². The van der Waals surface area contributed by atoms with Crippen LogP contribution in [0.3, 0.4) is 0 Å². The Kier molecular flexibility index (Phi) is 5.78. The topological polar surface area (TPSA) is 79.0 Å². The number of anilines is 2. The molecule has 3 amide bonds. The third-order valence-corrected chi connectivity index (χ3v) is 3.92. The van der Waals surface area contributed by atoms with Gasteiger partial charge in [0, 0.05) is 25.2 Å². The number of hydrogen-bond donors (Lipinski definition) is 1. The van der Waals surface area contributed by atoms with Crippen molar-refractivity contribution in [1.29, 1.82) is 0 Å². The van der Waals surface area contributed by atoms with Gasteiger partial charge in [-0.1, -0.05) is 6.92 Å². The Morgan fingerprint density at radius 1 is 1.25 bits per heavy atom. The minimum Gasteiger partial charge on any atom is -0.482 e. The first-order chi connectivity index (χ1) is 11.5. The second-order valence-corrected chi connectivity index (χ2v) is 5.42. The first kappa shape index (κ1) is 17.8. The van der Waals surface area contributed by atoms with Gasteiger partial charge in [-0.05, 0) is 32.0 Å². The van der Waals surface area contributed by atoms with Gasteiger partial charge >= 0.3 is 0 Å². The van der Waals surface area contributed by atoms with Crippen molar-refractivity contribution in [2.45, 2.75) is 27.2 Å². The standard InChI is InChI=1S/C17H23N3O4/c1-4-15(21)18-12-7-8-14-13(9-12)20(17(23)11-24-14)10-16(22)19(5-2)6-3/h7-9H,4-6,10-11H2,1-3H3,(H,18,21). The molecule has 0 aliphatic carbocycles. The molecule has 1 heterocycles. The summed E-state index contributed by atoms with van der Waals surface area (Å²) in [5.41, 5.74) is 1.07. The van der Waals surface area contributed by atoms with E-state index in [1.807, 2.05) is 13.8 Å². The van der Waals surface area contributed by atoms with E-state index in [1.165, 1.54) is 4.90 Å². The number of carbonyl (C=O) groups is 3. The van der Waals surface area contributed by atoms with Crippen LogP contribution in [0.15, 0.2) is 18.2 Å². The van der Waals surface area contributed by atoms with Gasteiger partial charge < -0.3 is 15.0 Å². The van der Waals surface area contributed by atoms with Gasteiger partial charge in [-0.25, -0.2) is 0 Å². The molecule has 1 N–H and O–H groups in total. The Balaban J connectivity index is 2.27. The van der Waals surface area contributed by atoms with Crippen molar-refractivity contribution in [3.8, 4) is 5.75 Å². The first-order valence-corrected chi connectivity index (χ1v) is 8.14. The number of ether oxygens (including phenoxy) is 1. The second kappa shape index (κ2) is 7.81. The quantitative estimate of drug-likeness (QED) is 0.858. The lowest BCUT2D eigenvalue weighted by molar-refractivity contribution is -0.131. The number of amides is 3. The molecular weight excluding hydrogens is 310 g/mol. The fourth-order valence-electron chi connectivity index (χ4n) is 2.51. The van der Waals surface area contributed by atoms with Gasteiger partial charge in [0.2, 0.25) is 11.8 Å². The van der Waals surface area contributed by atoms with Crippen molar-refractivity contribution >= 4 is 29.1 Å². The molecule has 24 heavy (non-hydrogen) atoms. The molecule has 7 heteroatoms. The van der Waals surface area contributed by atoms with E-state index in [-0.39, 0.29) is 30.9 Å². The van der Waals surface area contributed by atoms with Gasteiger partial charge in [0.15, 0.2) is 6.61 Å². The SMILES string of the molecule is CCC(=O)Nc1ccc2c(c1)N(CC(=O)N(CC)CC)C(=O)CO2. The number of likely N-dealkylation sites (N-methyl/N-ethyl adjacent to an activating group) is 1. The summed E-state index contributed by atoms with van der Waals surface area (Å²) in [6.45, 7) is 6.60. The lowest BCUT2D eigenvalue weighted by Gasteiger charge is -2.31. The highest BCUT2D eigenvalue weighted by molar-refractivity contribution is 6.03. The number of benzene rings is 1. The van der Waals surface area contributed by atoms with Crippen LogP contribution in [-0.4, -0.2) is 48.9 Å². The van der Waals surface area contributed by atoms with E-state index in [1.54, 1.807) is 30.0 Å². The summed E-state index contributed by atoms with van der Waals surface area (Å²) in [6, 6.07) is 5.07. The average Bonchev–Trinajstić information content (AvgIpc) is 2.58. The molecule has 0 fully saturated rings. The van der Waals surface area contributed by atoms with Crippen molar-refractivity contribution in [2.24, 2.45) is 0 Å². The average molecular weight is 333 g/mol. The van der Waals surface area contributed by atoms with Crippen molar-refractivity contribution in [2.75, 3.05) is 36.5 Å². The Bertz CT molecular complexity index is 641. The molecule has 0 spiro atoms. The highest BCUT2D eigenvalue weighted by Crippen LogP contribution is 2.34. The molecular formula is C17H23N3O4. The highest BCUT2D eigenvalue weighted by atomic mass is 16.5. The number of nitrogens with one attached hydrogen (secondary N) is 1. The Hall–Kier alpha value is -2.57. The van der Waals surface area contributed by atoms with Crippen LogP contribution in [0.1, 0.15) is 27.2 Å². The molecule has 0 aromatic heterocycles. The molecule has 1 aliphatic rings. The van der Waals surface area contributed by atoms with Crippen molar-refractivity contribution < 1.29 is 19.1 Å². The van der Waals surface area contributed by atoms with Crippen LogP contribution < -0.4 is 15.0 Å². The lowest BCUT2D eigenvalue weighted by atomic mass is 10.2. The number of nitrogens with zero attached hydrogens (tertiary/aromatic N) is 2. The van der Waals surface area contributed by atoms with E-state index in [0.29, 0.717) is 36.6 Å².